The molecule has 0 atom stereocenters. The van der Waals surface area contributed by atoms with E-state index in [1.807, 2.05) is 18.2 Å². The van der Waals surface area contributed by atoms with Gasteiger partial charge in [-0.05, 0) is 30.7 Å². The van der Waals surface area contributed by atoms with E-state index in [1.165, 1.54) is 5.56 Å². The average Bonchev–Trinajstić information content (AvgIpc) is 2.38. The minimum Gasteiger partial charge on any atom is -0.493 e. The molecule has 0 unspecified atom stereocenters. The van der Waals surface area contributed by atoms with Crippen molar-refractivity contribution in [2.75, 3.05) is 34.5 Å². The van der Waals surface area contributed by atoms with Crippen LogP contribution in [-0.4, -0.2) is 34.5 Å². The minimum absolute atomic E-state index is 0.760. The van der Waals surface area contributed by atoms with Gasteiger partial charge in [0, 0.05) is 20.3 Å². The Balaban J connectivity index is 2.43. The maximum absolute atomic E-state index is 5.25. The van der Waals surface area contributed by atoms with Crippen LogP contribution in [-0.2, 0) is 11.3 Å². The van der Waals surface area contributed by atoms with Gasteiger partial charge in [-0.3, -0.25) is 0 Å². The first-order valence-corrected chi connectivity index (χ1v) is 5.72. The van der Waals surface area contributed by atoms with Crippen molar-refractivity contribution in [1.82, 2.24) is 5.32 Å². The Hall–Kier alpha value is -1.26. The standard InChI is InChI=1S/C13H21NO3/c1-15-8-4-7-14-10-11-5-6-12(16-2)13(9-11)17-3/h5-6,9,14H,4,7-8,10H2,1-3H3. The fourth-order valence-electron chi connectivity index (χ4n) is 1.56. The Labute approximate surface area is 103 Å². The fourth-order valence-corrected chi connectivity index (χ4v) is 1.56. The maximum Gasteiger partial charge on any atom is 0.161 e. The summed E-state index contributed by atoms with van der Waals surface area (Å²) in [4.78, 5) is 0. The van der Waals surface area contributed by atoms with E-state index in [0.29, 0.717) is 0 Å². The smallest absolute Gasteiger partial charge is 0.161 e. The zero-order valence-corrected chi connectivity index (χ0v) is 10.8. The van der Waals surface area contributed by atoms with Crippen LogP contribution in [0.4, 0.5) is 0 Å². The summed E-state index contributed by atoms with van der Waals surface area (Å²) >= 11 is 0. The summed E-state index contributed by atoms with van der Waals surface area (Å²) in [6.45, 7) is 2.56. The number of rotatable bonds is 8. The molecule has 0 aliphatic carbocycles. The van der Waals surface area contributed by atoms with Gasteiger partial charge in [-0.1, -0.05) is 6.07 Å². The van der Waals surface area contributed by atoms with E-state index in [1.54, 1.807) is 21.3 Å². The van der Waals surface area contributed by atoms with Crippen molar-refractivity contribution in [3.63, 3.8) is 0 Å². The lowest BCUT2D eigenvalue weighted by Gasteiger charge is -2.10. The van der Waals surface area contributed by atoms with E-state index in [9.17, 15) is 0 Å². The molecule has 1 N–H and O–H groups in total. The van der Waals surface area contributed by atoms with Crippen LogP contribution >= 0.6 is 0 Å². The molecule has 0 fully saturated rings. The van der Waals surface area contributed by atoms with Crippen LogP contribution in [0.5, 0.6) is 11.5 Å². The Bertz CT molecular complexity index is 328. The van der Waals surface area contributed by atoms with Crippen molar-refractivity contribution in [2.45, 2.75) is 13.0 Å². The molecule has 0 aliphatic heterocycles. The van der Waals surface area contributed by atoms with Crippen LogP contribution in [0.2, 0.25) is 0 Å². The van der Waals surface area contributed by atoms with Crippen LogP contribution in [0.3, 0.4) is 0 Å². The normalized spacial score (nSPS) is 10.3. The molecular weight excluding hydrogens is 218 g/mol. The van der Waals surface area contributed by atoms with E-state index in [-0.39, 0.29) is 0 Å². The van der Waals surface area contributed by atoms with Crippen molar-refractivity contribution in [2.24, 2.45) is 0 Å². The molecule has 4 nitrogen and oxygen atoms in total. The quantitative estimate of drug-likeness (QED) is 0.703. The molecule has 0 amide bonds. The van der Waals surface area contributed by atoms with E-state index < -0.39 is 0 Å². The minimum atomic E-state index is 0.760. The average molecular weight is 239 g/mol. The highest BCUT2D eigenvalue weighted by Crippen LogP contribution is 2.27. The number of ether oxygens (including phenoxy) is 3. The number of hydrogen-bond donors (Lipinski definition) is 1. The second-order valence-electron chi connectivity index (χ2n) is 3.71. The van der Waals surface area contributed by atoms with Crippen LogP contribution < -0.4 is 14.8 Å². The summed E-state index contributed by atoms with van der Waals surface area (Å²) in [6, 6.07) is 5.94. The SMILES string of the molecule is COCCCNCc1ccc(OC)c(OC)c1. The first-order chi connectivity index (χ1) is 8.31. The lowest BCUT2D eigenvalue weighted by atomic mass is 10.2. The van der Waals surface area contributed by atoms with E-state index in [0.717, 1.165) is 37.6 Å². The molecule has 1 aromatic carbocycles. The highest BCUT2D eigenvalue weighted by atomic mass is 16.5. The summed E-state index contributed by atoms with van der Waals surface area (Å²) in [7, 11) is 5.00. The Kier molecular flexibility index (Phi) is 6.43. The molecule has 17 heavy (non-hydrogen) atoms. The molecule has 0 aromatic heterocycles. The summed E-state index contributed by atoms with van der Waals surface area (Å²) < 4.78 is 15.4. The monoisotopic (exact) mass is 239 g/mol. The van der Waals surface area contributed by atoms with Crippen molar-refractivity contribution >= 4 is 0 Å². The molecule has 0 heterocycles. The largest absolute Gasteiger partial charge is 0.493 e. The molecular formula is C13H21NO3. The number of benzene rings is 1. The molecule has 0 saturated heterocycles. The summed E-state index contributed by atoms with van der Waals surface area (Å²) in [5.41, 5.74) is 1.18. The summed E-state index contributed by atoms with van der Waals surface area (Å²) in [6.07, 6.45) is 1.02. The van der Waals surface area contributed by atoms with Gasteiger partial charge in [-0.2, -0.15) is 0 Å². The van der Waals surface area contributed by atoms with Gasteiger partial charge in [-0.25, -0.2) is 0 Å². The Morgan fingerprint density at radius 3 is 2.47 bits per heavy atom. The van der Waals surface area contributed by atoms with Crippen molar-refractivity contribution in [3.05, 3.63) is 23.8 Å². The second kappa shape index (κ2) is 7.92. The van der Waals surface area contributed by atoms with Gasteiger partial charge >= 0.3 is 0 Å². The van der Waals surface area contributed by atoms with Gasteiger partial charge in [0.25, 0.3) is 0 Å². The number of hydrogen-bond acceptors (Lipinski definition) is 4. The molecule has 0 radical (unpaired) electrons. The van der Waals surface area contributed by atoms with Crippen LogP contribution in [0.15, 0.2) is 18.2 Å². The van der Waals surface area contributed by atoms with E-state index in [2.05, 4.69) is 5.32 Å². The highest BCUT2D eigenvalue weighted by Gasteiger charge is 2.03. The highest BCUT2D eigenvalue weighted by molar-refractivity contribution is 5.42. The molecule has 0 bridgehead atoms. The van der Waals surface area contributed by atoms with Crippen molar-refractivity contribution in [3.8, 4) is 11.5 Å². The fraction of sp³-hybridized carbons (Fsp3) is 0.538. The van der Waals surface area contributed by atoms with Gasteiger partial charge in [0.15, 0.2) is 11.5 Å². The van der Waals surface area contributed by atoms with Crippen LogP contribution in [0, 0.1) is 0 Å². The van der Waals surface area contributed by atoms with Crippen LogP contribution in [0.25, 0.3) is 0 Å². The molecule has 96 valence electrons. The molecule has 4 heteroatoms. The maximum atomic E-state index is 5.25. The van der Waals surface area contributed by atoms with Crippen molar-refractivity contribution in [1.29, 1.82) is 0 Å². The third-order valence-corrected chi connectivity index (χ3v) is 2.48. The predicted octanol–water partition coefficient (Wildman–Crippen LogP) is 1.83. The predicted molar refractivity (Wildman–Crippen MR) is 67.7 cm³/mol. The van der Waals surface area contributed by atoms with Gasteiger partial charge < -0.3 is 19.5 Å². The van der Waals surface area contributed by atoms with Crippen molar-refractivity contribution < 1.29 is 14.2 Å². The topological polar surface area (TPSA) is 39.7 Å². The second-order valence-corrected chi connectivity index (χ2v) is 3.71. The Morgan fingerprint density at radius 1 is 1.06 bits per heavy atom. The number of nitrogens with one attached hydrogen (secondary N) is 1. The zero-order chi connectivity index (χ0) is 12.5. The molecule has 0 aliphatic rings. The zero-order valence-electron chi connectivity index (χ0n) is 10.8. The van der Waals surface area contributed by atoms with E-state index >= 15 is 0 Å². The molecule has 0 saturated carbocycles. The van der Waals surface area contributed by atoms with E-state index in [4.69, 9.17) is 14.2 Å². The third-order valence-electron chi connectivity index (χ3n) is 2.48. The number of methoxy groups -OCH3 is 3. The van der Waals surface area contributed by atoms with Gasteiger partial charge in [0.2, 0.25) is 0 Å². The Morgan fingerprint density at radius 2 is 1.82 bits per heavy atom. The first-order valence-electron chi connectivity index (χ1n) is 5.72. The lowest BCUT2D eigenvalue weighted by molar-refractivity contribution is 0.194. The summed E-state index contributed by atoms with van der Waals surface area (Å²) in [5.74, 6) is 1.53. The van der Waals surface area contributed by atoms with Gasteiger partial charge in [0.05, 0.1) is 14.2 Å². The third kappa shape index (κ3) is 4.63. The first kappa shape index (κ1) is 13.8. The summed E-state index contributed by atoms with van der Waals surface area (Å²) in [5, 5.41) is 3.35. The molecule has 1 aromatic rings. The van der Waals surface area contributed by atoms with Gasteiger partial charge in [0.1, 0.15) is 0 Å². The van der Waals surface area contributed by atoms with Crippen LogP contribution in [0.1, 0.15) is 12.0 Å². The molecule has 0 spiro atoms. The molecule has 1 rings (SSSR count). The lowest BCUT2D eigenvalue weighted by Crippen LogP contribution is -2.16. The van der Waals surface area contributed by atoms with Gasteiger partial charge in [-0.15, -0.1) is 0 Å².